The molecule has 33 heavy (non-hydrogen) atoms. The number of amides is 3. The molecule has 0 fully saturated rings. The van der Waals surface area contributed by atoms with Gasteiger partial charge in [0, 0.05) is 30.6 Å². The topological polar surface area (TPSA) is 87.2 Å². The third-order valence-electron chi connectivity index (χ3n) is 4.83. The molecular formula is C25H31N5O2S. The Balaban J connectivity index is 1.58. The molecule has 0 saturated carbocycles. The second kappa shape index (κ2) is 11.0. The van der Waals surface area contributed by atoms with Crippen molar-refractivity contribution in [2.75, 3.05) is 18.4 Å². The average molecular weight is 466 g/mol. The van der Waals surface area contributed by atoms with Crippen molar-refractivity contribution in [3.05, 3.63) is 65.7 Å². The fraction of sp³-hybridized carbons (Fsp3) is 0.360. The third-order valence-corrected chi connectivity index (χ3v) is 5.72. The molecule has 8 heteroatoms. The molecule has 0 aliphatic carbocycles. The van der Waals surface area contributed by atoms with E-state index < -0.39 is 0 Å². The maximum atomic E-state index is 12.8. The molecule has 0 saturated heterocycles. The van der Waals surface area contributed by atoms with Crippen molar-refractivity contribution in [1.29, 1.82) is 0 Å². The zero-order valence-corrected chi connectivity index (χ0v) is 20.4. The van der Waals surface area contributed by atoms with Crippen molar-refractivity contribution in [3.8, 4) is 10.6 Å². The van der Waals surface area contributed by atoms with Crippen LogP contribution < -0.4 is 10.6 Å². The molecule has 174 valence electrons. The molecule has 0 bridgehead atoms. The number of nitrogens with zero attached hydrogens (tertiary/aromatic N) is 3. The minimum absolute atomic E-state index is 0.172. The van der Waals surface area contributed by atoms with Gasteiger partial charge in [0.25, 0.3) is 0 Å². The predicted molar refractivity (Wildman–Crippen MR) is 133 cm³/mol. The summed E-state index contributed by atoms with van der Waals surface area (Å²) in [6.45, 7) is 8.67. The zero-order chi connectivity index (χ0) is 23.8. The summed E-state index contributed by atoms with van der Waals surface area (Å²) in [7, 11) is 0. The van der Waals surface area contributed by atoms with E-state index in [1.165, 1.54) is 11.3 Å². The Hall–Kier alpha value is -3.26. The Bertz CT molecular complexity index is 1080. The number of hydrogen-bond donors (Lipinski definition) is 2. The van der Waals surface area contributed by atoms with E-state index in [9.17, 15) is 9.59 Å². The summed E-state index contributed by atoms with van der Waals surface area (Å²) >= 11 is 1.33. The molecule has 2 N–H and O–H groups in total. The Morgan fingerprint density at radius 3 is 2.45 bits per heavy atom. The van der Waals surface area contributed by atoms with Crippen molar-refractivity contribution in [1.82, 2.24) is 20.4 Å². The number of anilines is 1. The first-order valence-corrected chi connectivity index (χ1v) is 11.8. The van der Waals surface area contributed by atoms with Gasteiger partial charge < -0.3 is 15.5 Å². The standard InChI is InChI=1S/C25H31N5O2S/c1-18-9-8-12-20(17-18)22-28-29-23(33-22)26-21(31)14-16-30(24(32)27-25(2,3)4)15-13-19-10-6-5-7-11-19/h5-12,17H,13-16H2,1-4H3,(H,27,32)(H,26,29,31). The lowest BCUT2D eigenvalue weighted by Crippen LogP contribution is -2.49. The Kier molecular flexibility index (Phi) is 8.16. The van der Waals surface area contributed by atoms with Crippen LogP contribution in [-0.2, 0) is 11.2 Å². The summed E-state index contributed by atoms with van der Waals surface area (Å²) in [6, 6.07) is 17.8. The number of urea groups is 1. The van der Waals surface area contributed by atoms with Gasteiger partial charge in [-0.15, -0.1) is 10.2 Å². The lowest BCUT2D eigenvalue weighted by atomic mass is 10.1. The lowest BCUT2D eigenvalue weighted by molar-refractivity contribution is -0.116. The van der Waals surface area contributed by atoms with Crippen LogP contribution in [-0.4, -0.2) is 45.7 Å². The minimum atomic E-state index is -0.358. The van der Waals surface area contributed by atoms with Crippen molar-refractivity contribution in [2.45, 2.75) is 46.1 Å². The smallest absolute Gasteiger partial charge is 0.317 e. The Morgan fingerprint density at radius 2 is 1.76 bits per heavy atom. The molecule has 1 aromatic heterocycles. The van der Waals surface area contributed by atoms with Crippen LogP contribution >= 0.6 is 11.3 Å². The molecular weight excluding hydrogens is 434 g/mol. The van der Waals surface area contributed by atoms with Crippen LogP contribution in [0.25, 0.3) is 10.6 Å². The van der Waals surface area contributed by atoms with Gasteiger partial charge >= 0.3 is 6.03 Å². The number of carbonyl (C=O) groups excluding carboxylic acids is 2. The highest BCUT2D eigenvalue weighted by Crippen LogP contribution is 2.26. The number of aryl methyl sites for hydroxylation is 1. The van der Waals surface area contributed by atoms with E-state index >= 15 is 0 Å². The van der Waals surface area contributed by atoms with Crippen LogP contribution in [0.2, 0.25) is 0 Å². The summed E-state index contributed by atoms with van der Waals surface area (Å²) in [4.78, 5) is 27.1. The monoisotopic (exact) mass is 465 g/mol. The van der Waals surface area contributed by atoms with Gasteiger partial charge in [-0.1, -0.05) is 65.4 Å². The van der Waals surface area contributed by atoms with Crippen molar-refractivity contribution >= 4 is 28.4 Å². The van der Waals surface area contributed by atoms with Gasteiger partial charge in [-0.05, 0) is 45.7 Å². The maximum absolute atomic E-state index is 12.8. The van der Waals surface area contributed by atoms with Crippen molar-refractivity contribution in [3.63, 3.8) is 0 Å². The molecule has 0 radical (unpaired) electrons. The summed E-state index contributed by atoms with van der Waals surface area (Å²) in [5.41, 5.74) is 2.90. The zero-order valence-electron chi connectivity index (χ0n) is 19.6. The van der Waals surface area contributed by atoms with E-state index in [2.05, 4.69) is 20.8 Å². The van der Waals surface area contributed by atoms with Crippen LogP contribution in [0.1, 0.15) is 38.3 Å². The van der Waals surface area contributed by atoms with Crippen LogP contribution in [0, 0.1) is 6.92 Å². The molecule has 1 heterocycles. The molecule has 0 spiro atoms. The van der Waals surface area contributed by atoms with Crippen LogP contribution in [0.3, 0.4) is 0 Å². The molecule has 0 atom stereocenters. The number of rotatable bonds is 8. The summed E-state index contributed by atoms with van der Waals surface area (Å²) in [5.74, 6) is -0.199. The van der Waals surface area contributed by atoms with Gasteiger partial charge in [0.05, 0.1) is 0 Å². The Labute approximate surface area is 199 Å². The van der Waals surface area contributed by atoms with E-state index in [1.54, 1.807) is 4.90 Å². The highest BCUT2D eigenvalue weighted by molar-refractivity contribution is 7.18. The lowest BCUT2D eigenvalue weighted by Gasteiger charge is -2.28. The van der Waals surface area contributed by atoms with Gasteiger partial charge in [-0.25, -0.2) is 4.79 Å². The second-order valence-corrected chi connectivity index (χ2v) is 9.96. The number of nitrogens with one attached hydrogen (secondary N) is 2. The van der Waals surface area contributed by atoms with E-state index in [0.29, 0.717) is 18.2 Å². The summed E-state index contributed by atoms with van der Waals surface area (Å²) in [5, 5.41) is 15.3. The summed E-state index contributed by atoms with van der Waals surface area (Å²) < 4.78 is 0. The first kappa shape index (κ1) is 24.4. The Morgan fingerprint density at radius 1 is 1.00 bits per heavy atom. The third kappa shape index (κ3) is 7.98. The first-order valence-electron chi connectivity index (χ1n) is 11.0. The van der Waals surface area contributed by atoms with Crippen LogP contribution in [0.15, 0.2) is 54.6 Å². The molecule has 3 rings (SSSR count). The van der Waals surface area contributed by atoms with E-state index in [-0.39, 0.29) is 23.9 Å². The van der Waals surface area contributed by atoms with E-state index in [4.69, 9.17) is 0 Å². The molecule has 0 aliphatic rings. The fourth-order valence-corrected chi connectivity index (χ4v) is 3.97. The van der Waals surface area contributed by atoms with E-state index in [1.807, 2.05) is 82.3 Å². The first-order chi connectivity index (χ1) is 15.7. The van der Waals surface area contributed by atoms with E-state index in [0.717, 1.165) is 28.1 Å². The second-order valence-electron chi connectivity index (χ2n) is 8.98. The predicted octanol–water partition coefficient (Wildman–Crippen LogP) is 4.89. The van der Waals surface area contributed by atoms with Gasteiger partial charge in [-0.3, -0.25) is 4.79 Å². The van der Waals surface area contributed by atoms with Gasteiger partial charge in [0.1, 0.15) is 5.01 Å². The fourth-order valence-electron chi connectivity index (χ4n) is 3.21. The van der Waals surface area contributed by atoms with Crippen molar-refractivity contribution < 1.29 is 9.59 Å². The van der Waals surface area contributed by atoms with Crippen LogP contribution in [0.5, 0.6) is 0 Å². The van der Waals surface area contributed by atoms with Gasteiger partial charge in [0.15, 0.2) is 0 Å². The van der Waals surface area contributed by atoms with Gasteiger partial charge in [0.2, 0.25) is 11.0 Å². The minimum Gasteiger partial charge on any atom is -0.333 e. The normalized spacial score (nSPS) is 11.2. The SMILES string of the molecule is Cc1cccc(-c2nnc(NC(=O)CCN(CCc3ccccc3)C(=O)NC(C)(C)C)s2)c1. The highest BCUT2D eigenvalue weighted by Gasteiger charge is 2.20. The number of aromatic nitrogens is 2. The number of benzene rings is 2. The molecule has 0 aliphatic heterocycles. The molecule has 3 amide bonds. The van der Waals surface area contributed by atoms with Gasteiger partial charge in [-0.2, -0.15) is 0 Å². The highest BCUT2D eigenvalue weighted by atomic mass is 32.1. The quantitative estimate of drug-likeness (QED) is 0.496. The number of carbonyl (C=O) groups is 2. The maximum Gasteiger partial charge on any atom is 0.317 e. The van der Waals surface area contributed by atoms with Crippen LogP contribution in [0.4, 0.5) is 9.93 Å². The summed E-state index contributed by atoms with van der Waals surface area (Å²) in [6.07, 6.45) is 0.891. The molecule has 2 aromatic carbocycles. The average Bonchev–Trinajstić information content (AvgIpc) is 3.21. The molecule has 0 unspecified atom stereocenters. The largest absolute Gasteiger partial charge is 0.333 e. The van der Waals surface area contributed by atoms with Crippen molar-refractivity contribution in [2.24, 2.45) is 0 Å². The molecule has 3 aromatic rings. The molecule has 7 nitrogen and oxygen atoms in total. The number of hydrogen-bond acceptors (Lipinski definition) is 5.